The molecule has 4 unspecified atom stereocenters. The van der Waals surface area contributed by atoms with Crippen molar-refractivity contribution in [3.8, 4) is 0 Å². The summed E-state index contributed by atoms with van der Waals surface area (Å²) in [6, 6.07) is 2.90. The molecule has 1 heterocycles. The second-order valence-electron chi connectivity index (χ2n) is 8.88. The second kappa shape index (κ2) is 12.0. The van der Waals surface area contributed by atoms with E-state index in [1.807, 2.05) is 6.92 Å². The van der Waals surface area contributed by atoms with Gasteiger partial charge in [0.25, 0.3) is 5.91 Å². The van der Waals surface area contributed by atoms with E-state index in [4.69, 9.17) is 16.3 Å². The summed E-state index contributed by atoms with van der Waals surface area (Å²) in [4.78, 5) is 51.7. The lowest BCUT2D eigenvalue weighted by Gasteiger charge is -2.29. The topological polar surface area (TPSA) is 117 Å². The summed E-state index contributed by atoms with van der Waals surface area (Å²) >= 11 is 6.16. The number of amides is 4. The molecule has 11 heteroatoms. The molecule has 1 aromatic carbocycles. The van der Waals surface area contributed by atoms with Crippen LogP contribution < -0.4 is 16.0 Å². The number of nitrogens with one attached hydrogen (secondary N) is 3. The van der Waals surface area contributed by atoms with Gasteiger partial charge in [-0.3, -0.25) is 19.2 Å². The van der Waals surface area contributed by atoms with Gasteiger partial charge >= 0.3 is 0 Å². The predicted molar refractivity (Wildman–Crippen MR) is 137 cm³/mol. The Morgan fingerprint density at radius 3 is 2.66 bits per heavy atom. The van der Waals surface area contributed by atoms with Gasteiger partial charge in [-0.2, -0.15) is 0 Å². The number of hydrogen-bond acceptors (Lipinski definition) is 5. The van der Waals surface area contributed by atoms with Crippen LogP contribution in [0.25, 0.3) is 0 Å². The van der Waals surface area contributed by atoms with E-state index >= 15 is 0 Å². The summed E-state index contributed by atoms with van der Waals surface area (Å²) in [6.45, 7) is 5.88. The molecule has 1 aromatic rings. The molecule has 1 aliphatic carbocycles. The molecular weight excluding hydrogens is 491 g/mol. The summed E-state index contributed by atoms with van der Waals surface area (Å²) in [5, 5.41) is 9.62. The minimum Gasteiger partial charge on any atom is -0.376 e. The van der Waals surface area contributed by atoms with Gasteiger partial charge in [-0.05, 0) is 56.6 Å². The third kappa shape index (κ3) is 6.81. The van der Waals surface area contributed by atoms with Crippen LogP contribution in [0.5, 0.6) is 0 Å². The van der Waals surface area contributed by atoms with E-state index in [9.17, 15) is 19.2 Å². The van der Waals surface area contributed by atoms with Crippen LogP contribution in [0.3, 0.4) is 0 Å². The number of halogens is 1. The summed E-state index contributed by atoms with van der Waals surface area (Å²) in [5.74, 6) is -1.28. The minimum atomic E-state index is -0.838. The molecule has 0 spiro atoms. The number of benzene rings is 1. The maximum absolute atomic E-state index is 13.1. The van der Waals surface area contributed by atoms with Crippen molar-refractivity contribution < 1.29 is 23.9 Å². The molecule has 1 saturated heterocycles. The molecule has 3 rings (SSSR count). The van der Waals surface area contributed by atoms with Gasteiger partial charge in [0.15, 0.2) is 0 Å². The number of hydrogen-bond donors (Lipinski definition) is 3. The zero-order valence-electron chi connectivity index (χ0n) is 20.2. The van der Waals surface area contributed by atoms with E-state index < -0.39 is 18.0 Å². The van der Waals surface area contributed by atoms with Gasteiger partial charge in [0.2, 0.25) is 17.7 Å². The number of nitrogens with zero attached hydrogens (tertiary/aromatic N) is 1. The highest BCUT2D eigenvalue weighted by Crippen LogP contribution is 2.25. The number of carbonyl (C=O) groups excluding carboxylic acids is 4. The van der Waals surface area contributed by atoms with Crippen molar-refractivity contribution in [2.45, 2.75) is 70.7 Å². The Hall–Kier alpha value is -2.48. The summed E-state index contributed by atoms with van der Waals surface area (Å²) in [6.07, 6.45) is 2.60. The third-order valence-corrected chi connectivity index (χ3v) is 6.89. The van der Waals surface area contributed by atoms with Crippen LogP contribution in [0.1, 0.15) is 56.8 Å². The predicted octanol–water partition coefficient (Wildman–Crippen LogP) is 2.41. The van der Waals surface area contributed by atoms with Crippen molar-refractivity contribution in [1.82, 2.24) is 15.5 Å². The number of anilines is 1. The molecule has 9 nitrogen and oxygen atoms in total. The Morgan fingerprint density at radius 2 is 2.00 bits per heavy atom. The number of rotatable bonds is 8. The first-order valence-electron chi connectivity index (χ1n) is 11.8. The molecule has 190 valence electrons. The van der Waals surface area contributed by atoms with E-state index in [0.717, 1.165) is 11.7 Å². The molecular formula is C24H32ClN4O5P. The Bertz CT molecular complexity index is 1020. The summed E-state index contributed by atoms with van der Waals surface area (Å²) < 4.78 is 5.76. The molecule has 4 atom stereocenters. The van der Waals surface area contributed by atoms with E-state index in [0.29, 0.717) is 38.1 Å². The number of likely N-dealkylation sites (tertiary alicyclic amines) is 1. The summed E-state index contributed by atoms with van der Waals surface area (Å²) in [7, 11) is 3.59. The van der Waals surface area contributed by atoms with Crippen molar-refractivity contribution in [3.63, 3.8) is 0 Å². The zero-order valence-corrected chi connectivity index (χ0v) is 21.9. The first-order chi connectivity index (χ1) is 16.6. The van der Waals surface area contributed by atoms with Crippen molar-refractivity contribution >= 4 is 55.1 Å². The smallest absolute Gasteiger partial charge is 0.251 e. The molecule has 4 amide bonds. The fraction of sp³-hybridized carbons (Fsp3) is 0.542. The van der Waals surface area contributed by atoms with Crippen LogP contribution in [-0.2, 0) is 19.1 Å². The Balaban J connectivity index is 1.61. The van der Waals surface area contributed by atoms with Crippen molar-refractivity contribution in [2.75, 3.05) is 18.5 Å². The lowest BCUT2D eigenvalue weighted by Crippen LogP contribution is -2.54. The van der Waals surface area contributed by atoms with Gasteiger partial charge in [-0.15, -0.1) is 8.86 Å². The van der Waals surface area contributed by atoms with Crippen LogP contribution in [-0.4, -0.2) is 71.2 Å². The highest BCUT2D eigenvalue weighted by molar-refractivity contribution is 7.21. The van der Waals surface area contributed by atoms with E-state index in [-0.39, 0.29) is 40.5 Å². The maximum Gasteiger partial charge on any atom is 0.251 e. The lowest BCUT2D eigenvalue weighted by atomic mass is 10.1. The van der Waals surface area contributed by atoms with E-state index in [1.165, 1.54) is 30.0 Å². The standard InChI is InChI=1S/C24H32ClN4O5P/c1-4-34-21-12-16(35)11-19(21)28-23(32)20-6-5-9-29(20)24(33)13(2)26-22(31)15-7-8-18(17(25)10-15)27-14(3)30/h7-8,10,13,19-21,35H,4-6,9,11-12H2,1-3H3,(H,26,31)(H,27,30)(H,28,32). The third-order valence-electron chi connectivity index (χ3n) is 6.17. The van der Waals surface area contributed by atoms with Gasteiger partial charge in [0.1, 0.15) is 12.1 Å². The van der Waals surface area contributed by atoms with Crippen LogP contribution in [0.4, 0.5) is 5.69 Å². The van der Waals surface area contributed by atoms with E-state index in [2.05, 4.69) is 24.8 Å². The summed E-state index contributed by atoms with van der Waals surface area (Å²) in [5.41, 5.74) is 0.647. The average Bonchev–Trinajstić information content (AvgIpc) is 3.41. The van der Waals surface area contributed by atoms with Gasteiger partial charge in [0.05, 0.1) is 22.9 Å². The molecule has 2 fully saturated rings. The maximum atomic E-state index is 13.1. The molecule has 35 heavy (non-hydrogen) atoms. The van der Waals surface area contributed by atoms with E-state index in [1.54, 1.807) is 6.92 Å². The number of carbonyl (C=O) groups is 4. The van der Waals surface area contributed by atoms with Crippen molar-refractivity contribution in [2.24, 2.45) is 0 Å². The average molecular weight is 523 g/mol. The van der Waals surface area contributed by atoms with Crippen LogP contribution in [0, 0.1) is 0 Å². The minimum absolute atomic E-state index is 0.0934. The SMILES string of the molecule is CCOC1CC(=P)CC1NC(=O)C1CCCN1C(=O)C(C)NC(=O)c1ccc(NC(C)=O)c(Cl)c1. The fourth-order valence-corrected chi connectivity index (χ4v) is 5.17. The molecule has 1 saturated carbocycles. The Morgan fingerprint density at radius 1 is 1.26 bits per heavy atom. The van der Waals surface area contributed by atoms with Crippen LogP contribution in [0.15, 0.2) is 18.2 Å². The monoisotopic (exact) mass is 522 g/mol. The largest absolute Gasteiger partial charge is 0.376 e. The normalized spacial score (nSPS) is 22.6. The zero-order chi connectivity index (χ0) is 25.7. The molecule has 0 aromatic heterocycles. The highest BCUT2D eigenvalue weighted by Gasteiger charge is 2.39. The highest BCUT2D eigenvalue weighted by atomic mass is 35.5. The molecule has 1 aliphatic heterocycles. The quantitative estimate of drug-likeness (QED) is 0.453. The first kappa shape index (κ1) is 27.1. The van der Waals surface area contributed by atoms with Gasteiger partial charge < -0.3 is 25.6 Å². The van der Waals surface area contributed by atoms with Gasteiger partial charge in [-0.1, -0.05) is 11.6 Å². The lowest BCUT2D eigenvalue weighted by molar-refractivity contribution is -0.140. The van der Waals surface area contributed by atoms with Gasteiger partial charge in [-0.25, -0.2) is 0 Å². The Labute approximate surface area is 212 Å². The van der Waals surface area contributed by atoms with Crippen LogP contribution in [0.2, 0.25) is 5.02 Å². The molecule has 0 bridgehead atoms. The van der Waals surface area contributed by atoms with Crippen molar-refractivity contribution in [1.29, 1.82) is 0 Å². The first-order valence-corrected chi connectivity index (χ1v) is 12.6. The van der Waals surface area contributed by atoms with Crippen LogP contribution >= 0.6 is 20.5 Å². The van der Waals surface area contributed by atoms with Crippen molar-refractivity contribution in [3.05, 3.63) is 28.8 Å². The molecule has 0 radical (unpaired) electrons. The second-order valence-corrected chi connectivity index (χ2v) is 10.00. The molecule has 2 aliphatic rings. The van der Waals surface area contributed by atoms with Gasteiger partial charge in [0, 0.05) is 32.1 Å². The number of ether oxygens (including phenoxy) is 1. The Kier molecular flexibility index (Phi) is 9.27. The molecule has 3 N–H and O–H groups in total. The fourth-order valence-electron chi connectivity index (χ4n) is 4.52.